The Kier molecular flexibility index (Phi) is 9.14. The second kappa shape index (κ2) is 13.0. The number of nitrogens with zero attached hydrogens (tertiary/aromatic N) is 2. The number of hydrogen-bond donors (Lipinski definition) is 2. The molecule has 0 radical (unpaired) electrons. The number of carbonyl (C=O) groups is 2. The number of methoxy groups -OCH3 is 1. The van der Waals surface area contributed by atoms with Crippen molar-refractivity contribution in [2.24, 2.45) is 11.8 Å². The van der Waals surface area contributed by atoms with Crippen molar-refractivity contribution in [3.05, 3.63) is 82.5 Å². The summed E-state index contributed by atoms with van der Waals surface area (Å²) in [4.78, 5) is 30.5. The molecule has 0 unspecified atom stereocenters. The molecule has 1 saturated carbocycles. The Morgan fingerprint density at radius 1 is 1.20 bits per heavy atom. The van der Waals surface area contributed by atoms with Crippen LogP contribution in [0.15, 0.2) is 60.8 Å². The van der Waals surface area contributed by atoms with Crippen molar-refractivity contribution in [3.63, 3.8) is 0 Å². The van der Waals surface area contributed by atoms with Crippen LogP contribution in [0.1, 0.15) is 61.6 Å². The first-order valence-corrected chi connectivity index (χ1v) is 16.8. The number of ether oxygens (including phenoxy) is 2. The number of aliphatic hydroxyl groups is 1. The average Bonchev–Trinajstić information content (AvgIpc) is 3.16. The molecule has 0 aromatic heterocycles. The molecule has 9 heteroatoms. The molecular weight excluding hydrogens is 604 g/mol. The number of fused-ring (bicyclic) bond motifs is 4. The zero-order chi connectivity index (χ0) is 32.6. The summed E-state index contributed by atoms with van der Waals surface area (Å²) in [6, 6.07) is 11.8. The standard InChI is InChI=1S/C37H45ClN2O6/c1-24-19-37(20-34(42)43,35(44)45-3)27-10-14-33-31(18-27)40(21-26-9-12-29(26)32(41)8-4-5-16-39(24)2)22-36(23-46-33)15-6-7-25-17-28(38)11-13-30(25)36/h4,8,10-11,13-14,17-18,26,29,32,41H,1,5-7,9,12,15-16,19-23H2,2-3H3,(H,42,43)/b8-4+/t26-,29+,32-,36-,37+/m0/s1. The van der Waals surface area contributed by atoms with Gasteiger partial charge in [0.1, 0.15) is 11.2 Å². The number of rotatable bonds is 3. The number of carbonyl (C=O) groups excluding carboxylic acids is 1. The van der Waals surface area contributed by atoms with E-state index in [1.54, 1.807) is 0 Å². The topological polar surface area (TPSA) is 99.5 Å². The van der Waals surface area contributed by atoms with E-state index in [4.69, 9.17) is 21.1 Å². The molecule has 0 saturated heterocycles. The summed E-state index contributed by atoms with van der Waals surface area (Å²) in [5.41, 5.74) is 2.75. The first kappa shape index (κ1) is 32.5. The highest BCUT2D eigenvalue weighted by molar-refractivity contribution is 6.30. The molecule has 5 atom stereocenters. The SMILES string of the molecule is C=C1C[C@](CC(=O)O)(C(=O)OC)c2ccc3c(c2)N(C[C@@H]2CC[C@H]2[C@@H](O)/C=C/CCN1C)C[C@@]1(CCCc2cc(Cl)ccc21)CO3. The molecule has 2 heterocycles. The molecule has 4 aliphatic rings. The van der Waals surface area contributed by atoms with Crippen molar-refractivity contribution in [3.8, 4) is 5.75 Å². The Balaban J connectivity index is 1.51. The van der Waals surface area contributed by atoms with Gasteiger partial charge >= 0.3 is 11.9 Å². The fourth-order valence-electron chi connectivity index (χ4n) is 8.24. The molecule has 2 aliphatic heterocycles. The molecule has 2 aliphatic carbocycles. The maximum Gasteiger partial charge on any atom is 0.317 e. The van der Waals surface area contributed by atoms with Crippen molar-refractivity contribution in [1.82, 2.24) is 4.90 Å². The third-order valence-corrected chi connectivity index (χ3v) is 11.2. The van der Waals surface area contributed by atoms with E-state index in [-0.39, 0.29) is 23.7 Å². The summed E-state index contributed by atoms with van der Waals surface area (Å²) in [5.74, 6) is -0.599. The molecule has 0 amide bonds. The van der Waals surface area contributed by atoms with Crippen LogP contribution in [0.25, 0.3) is 0 Å². The van der Waals surface area contributed by atoms with Gasteiger partial charge in [0.2, 0.25) is 0 Å². The molecule has 246 valence electrons. The first-order chi connectivity index (χ1) is 22.0. The highest BCUT2D eigenvalue weighted by Crippen LogP contribution is 2.48. The van der Waals surface area contributed by atoms with E-state index < -0.39 is 29.9 Å². The molecular formula is C37H45ClN2O6. The predicted octanol–water partition coefficient (Wildman–Crippen LogP) is 5.88. The Bertz CT molecular complexity index is 1540. The number of aryl methyl sites for hydroxylation is 1. The number of carboxylic acid groups (broad SMARTS) is 1. The highest BCUT2D eigenvalue weighted by atomic mass is 35.5. The minimum Gasteiger partial charge on any atom is -0.490 e. The average molecular weight is 649 g/mol. The number of allylic oxidation sites excluding steroid dienone is 1. The first-order valence-electron chi connectivity index (χ1n) is 16.4. The Morgan fingerprint density at radius 3 is 2.76 bits per heavy atom. The van der Waals surface area contributed by atoms with Crippen LogP contribution in [0, 0.1) is 11.8 Å². The second-order valence-electron chi connectivity index (χ2n) is 13.8. The van der Waals surface area contributed by atoms with Crippen LogP contribution in [0.4, 0.5) is 5.69 Å². The third-order valence-electron chi connectivity index (χ3n) is 11.0. The number of aliphatic carboxylic acids is 1. The summed E-state index contributed by atoms with van der Waals surface area (Å²) >= 11 is 6.44. The van der Waals surface area contributed by atoms with Crippen LogP contribution in [-0.2, 0) is 31.6 Å². The summed E-state index contributed by atoms with van der Waals surface area (Å²) in [5, 5.41) is 22.1. The monoisotopic (exact) mass is 648 g/mol. The Labute approximate surface area is 276 Å². The quantitative estimate of drug-likeness (QED) is 0.315. The van der Waals surface area contributed by atoms with Crippen LogP contribution in [0.3, 0.4) is 0 Å². The van der Waals surface area contributed by atoms with Crippen molar-refractivity contribution < 1.29 is 29.3 Å². The van der Waals surface area contributed by atoms with Gasteiger partial charge in [-0.25, -0.2) is 0 Å². The van der Waals surface area contributed by atoms with Gasteiger partial charge in [-0.15, -0.1) is 0 Å². The van der Waals surface area contributed by atoms with Crippen LogP contribution < -0.4 is 9.64 Å². The van der Waals surface area contributed by atoms with Gasteiger partial charge in [-0.2, -0.15) is 0 Å². The van der Waals surface area contributed by atoms with Gasteiger partial charge < -0.3 is 29.5 Å². The number of carboxylic acids is 1. The van der Waals surface area contributed by atoms with Gasteiger partial charge in [-0.05, 0) is 91.3 Å². The molecule has 6 rings (SSSR count). The Hall–Kier alpha value is -3.49. The smallest absolute Gasteiger partial charge is 0.317 e. The maximum absolute atomic E-state index is 13.7. The molecule has 2 bridgehead atoms. The number of esters is 1. The van der Waals surface area contributed by atoms with Gasteiger partial charge in [0.15, 0.2) is 0 Å². The summed E-state index contributed by atoms with van der Waals surface area (Å²) < 4.78 is 12.0. The van der Waals surface area contributed by atoms with Crippen molar-refractivity contribution in [1.29, 1.82) is 0 Å². The zero-order valence-corrected chi connectivity index (χ0v) is 27.6. The number of anilines is 1. The lowest BCUT2D eigenvalue weighted by Crippen LogP contribution is -2.49. The lowest BCUT2D eigenvalue weighted by Gasteiger charge is -2.45. The van der Waals surface area contributed by atoms with Crippen molar-refractivity contribution in [2.45, 2.75) is 68.3 Å². The minimum absolute atomic E-state index is 0.0806. The number of halogens is 1. The molecule has 2 aromatic carbocycles. The zero-order valence-electron chi connectivity index (χ0n) is 26.8. The summed E-state index contributed by atoms with van der Waals surface area (Å²) in [7, 11) is 3.20. The van der Waals surface area contributed by atoms with E-state index in [1.165, 1.54) is 18.2 Å². The van der Waals surface area contributed by atoms with E-state index in [0.717, 1.165) is 42.8 Å². The fourth-order valence-corrected chi connectivity index (χ4v) is 8.43. The summed E-state index contributed by atoms with van der Waals surface area (Å²) in [6.07, 6.45) is 8.63. The predicted molar refractivity (Wildman–Crippen MR) is 179 cm³/mol. The molecule has 46 heavy (non-hydrogen) atoms. The Morgan fingerprint density at radius 2 is 2.02 bits per heavy atom. The van der Waals surface area contributed by atoms with E-state index >= 15 is 0 Å². The van der Waals surface area contributed by atoms with Crippen LogP contribution in [-0.4, -0.2) is 73.6 Å². The van der Waals surface area contributed by atoms with Gasteiger partial charge in [0, 0.05) is 49.2 Å². The highest BCUT2D eigenvalue weighted by Gasteiger charge is 2.47. The van der Waals surface area contributed by atoms with Gasteiger partial charge in [0.25, 0.3) is 0 Å². The van der Waals surface area contributed by atoms with Crippen molar-refractivity contribution in [2.75, 3.05) is 45.3 Å². The van der Waals surface area contributed by atoms with E-state index in [9.17, 15) is 19.8 Å². The largest absolute Gasteiger partial charge is 0.490 e. The van der Waals surface area contributed by atoms with Gasteiger partial charge in [0.05, 0.1) is 31.9 Å². The molecule has 1 fully saturated rings. The lowest BCUT2D eigenvalue weighted by molar-refractivity contribution is -0.153. The molecule has 2 N–H and O–H groups in total. The molecule has 1 spiro atoms. The van der Waals surface area contributed by atoms with E-state index in [2.05, 4.69) is 23.6 Å². The van der Waals surface area contributed by atoms with Gasteiger partial charge in [-0.3, -0.25) is 9.59 Å². The van der Waals surface area contributed by atoms with Gasteiger partial charge in [-0.1, -0.05) is 42.5 Å². The van der Waals surface area contributed by atoms with E-state index in [0.29, 0.717) is 49.7 Å². The number of aliphatic hydroxyl groups excluding tert-OH is 1. The lowest BCUT2D eigenvalue weighted by atomic mass is 9.68. The molecule has 8 nitrogen and oxygen atoms in total. The number of hydrogen-bond acceptors (Lipinski definition) is 7. The summed E-state index contributed by atoms with van der Waals surface area (Å²) in [6.45, 7) is 6.77. The molecule has 2 aromatic rings. The minimum atomic E-state index is -1.49. The normalized spacial score (nSPS) is 30.3. The second-order valence-corrected chi connectivity index (χ2v) is 14.2. The van der Waals surface area contributed by atoms with Crippen LogP contribution in [0.5, 0.6) is 5.75 Å². The van der Waals surface area contributed by atoms with Crippen LogP contribution >= 0.6 is 11.6 Å². The number of benzene rings is 2. The third kappa shape index (κ3) is 6.02. The fraction of sp³-hybridized carbons (Fsp3) is 0.514. The van der Waals surface area contributed by atoms with Crippen LogP contribution in [0.2, 0.25) is 5.02 Å². The van der Waals surface area contributed by atoms with E-state index in [1.807, 2.05) is 48.4 Å². The van der Waals surface area contributed by atoms with Crippen molar-refractivity contribution >= 4 is 29.2 Å². The maximum atomic E-state index is 13.7.